The lowest BCUT2D eigenvalue weighted by Gasteiger charge is -2.36. The summed E-state index contributed by atoms with van der Waals surface area (Å²) in [6.45, 7) is 10.3. The smallest absolute Gasteiger partial charge is 0.0631 e. The summed E-state index contributed by atoms with van der Waals surface area (Å²) >= 11 is 0. The summed E-state index contributed by atoms with van der Waals surface area (Å²) in [5.74, 6) is 4.24. The Morgan fingerprint density at radius 3 is 2.31 bits per heavy atom. The molecule has 1 aliphatic carbocycles. The van der Waals surface area contributed by atoms with Crippen molar-refractivity contribution in [2.24, 2.45) is 29.6 Å². The largest absolute Gasteiger partial charge is 0.377 e. The van der Waals surface area contributed by atoms with Crippen molar-refractivity contribution >= 4 is 0 Å². The highest BCUT2D eigenvalue weighted by atomic mass is 16.5. The molecule has 1 heterocycles. The van der Waals surface area contributed by atoms with Crippen molar-refractivity contribution in [2.45, 2.75) is 40.2 Å². The van der Waals surface area contributed by atoms with Crippen LogP contribution in [0.25, 0.3) is 0 Å². The number of rotatable bonds is 2. The first-order valence-electron chi connectivity index (χ1n) is 5.73. The molecule has 1 saturated carbocycles. The topological polar surface area (TPSA) is 9.23 Å². The normalized spacial score (nSPS) is 43.8. The second kappa shape index (κ2) is 3.27. The van der Waals surface area contributed by atoms with Gasteiger partial charge in [0.05, 0.1) is 12.7 Å². The molecule has 2 aliphatic rings. The van der Waals surface area contributed by atoms with E-state index in [1.807, 2.05) is 0 Å². The second-order valence-corrected chi connectivity index (χ2v) is 5.52. The third-order valence-electron chi connectivity index (χ3n) is 3.78. The molecule has 76 valence electrons. The zero-order chi connectivity index (χ0) is 9.59. The number of ether oxygens (including phenoxy) is 1. The van der Waals surface area contributed by atoms with Crippen molar-refractivity contribution in [1.82, 2.24) is 0 Å². The van der Waals surface area contributed by atoms with Gasteiger partial charge in [0.15, 0.2) is 0 Å². The lowest BCUT2D eigenvalue weighted by Crippen LogP contribution is -2.38. The Morgan fingerprint density at radius 1 is 1.08 bits per heavy atom. The van der Waals surface area contributed by atoms with Gasteiger partial charge in [-0.05, 0) is 36.0 Å². The highest BCUT2D eigenvalue weighted by Crippen LogP contribution is 2.53. The average molecular weight is 182 g/mol. The molecule has 13 heavy (non-hydrogen) atoms. The molecule has 0 amide bonds. The fraction of sp³-hybridized carbons (Fsp3) is 1.00. The molecule has 4 atom stereocenters. The lowest BCUT2D eigenvalue weighted by molar-refractivity contribution is -0.0721. The Hall–Kier alpha value is -0.0400. The minimum absolute atomic E-state index is 0.531. The number of hydrogen-bond donors (Lipinski definition) is 0. The molecule has 0 radical (unpaired) electrons. The summed E-state index contributed by atoms with van der Waals surface area (Å²) in [7, 11) is 0. The van der Waals surface area contributed by atoms with Crippen LogP contribution in [0.2, 0.25) is 0 Å². The predicted octanol–water partition coefficient (Wildman–Crippen LogP) is 2.95. The Morgan fingerprint density at radius 2 is 1.77 bits per heavy atom. The maximum absolute atomic E-state index is 5.97. The van der Waals surface area contributed by atoms with E-state index in [-0.39, 0.29) is 0 Å². The summed E-state index contributed by atoms with van der Waals surface area (Å²) in [5, 5.41) is 0. The molecule has 1 aliphatic heterocycles. The van der Waals surface area contributed by atoms with E-state index in [4.69, 9.17) is 4.74 Å². The molecule has 0 spiro atoms. The van der Waals surface area contributed by atoms with Crippen molar-refractivity contribution in [3.05, 3.63) is 0 Å². The highest BCUT2D eigenvalue weighted by molar-refractivity contribution is 4.99. The van der Waals surface area contributed by atoms with E-state index in [1.165, 1.54) is 6.42 Å². The van der Waals surface area contributed by atoms with Crippen LogP contribution in [0.3, 0.4) is 0 Å². The van der Waals surface area contributed by atoms with Crippen molar-refractivity contribution in [3.8, 4) is 0 Å². The van der Waals surface area contributed by atoms with Gasteiger partial charge in [-0.15, -0.1) is 0 Å². The fourth-order valence-corrected chi connectivity index (χ4v) is 3.03. The van der Waals surface area contributed by atoms with E-state index in [1.54, 1.807) is 0 Å². The molecule has 1 saturated heterocycles. The van der Waals surface area contributed by atoms with Gasteiger partial charge >= 0.3 is 0 Å². The molecular formula is C12H22O. The highest BCUT2D eigenvalue weighted by Gasteiger charge is 2.51. The van der Waals surface area contributed by atoms with Crippen LogP contribution >= 0.6 is 0 Å². The Labute approximate surface area is 81.9 Å². The zero-order valence-electron chi connectivity index (χ0n) is 9.29. The van der Waals surface area contributed by atoms with Crippen LogP contribution in [0, 0.1) is 29.6 Å². The first kappa shape index (κ1) is 9.51. The molecule has 4 unspecified atom stereocenters. The van der Waals surface area contributed by atoms with Crippen LogP contribution in [0.5, 0.6) is 0 Å². The van der Waals surface area contributed by atoms with Crippen molar-refractivity contribution < 1.29 is 4.74 Å². The van der Waals surface area contributed by atoms with E-state index in [2.05, 4.69) is 27.7 Å². The van der Waals surface area contributed by atoms with Crippen molar-refractivity contribution in [2.75, 3.05) is 6.61 Å². The fourth-order valence-electron chi connectivity index (χ4n) is 3.03. The van der Waals surface area contributed by atoms with Gasteiger partial charge in [0.2, 0.25) is 0 Å². The Kier molecular flexibility index (Phi) is 2.39. The minimum atomic E-state index is 0.531. The molecule has 0 aromatic carbocycles. The van der Waals surface area contributed by atoms with Crippen LogP contribution in [0.1, 0.15) is 34.1 Å². The van der Waals surface area contributed by atoms with Crippen LogP contribution in [-0.2, 0) is 4.74 Å². The van der Waals surface area contributed by atoms with Gasteiger partial charge in [-0.25, -0.2) is 0 Å². The first-order valence-corrected chi connectivity index (χ1v) is 5.73. The molecule has 0 bridgehead atoms. The molecule has 1 nitrogen and oxygen atoms in total. The summed E-state index contributed by atoms with van der Waals surface area (Å²) in [6.07, 6.45) is 1.97. The van der Waals surface area contributed by atoms with Gasteiger partial charge in [-0.2, -0.15) is 0 Å². The average Bonchev–Trinajstić information content (AvgIpc) is 2.79. The van der Waals surface area contributed by atoms with E-state index in [9.17, 15) is 0 Å². The molecular weight excluding hydrogens is 160 g/mol. The molecule has 0 aromatic rings. The maximum atomic E-state index is 5.97. The van der Waals surface area contributed by atoms with Crippen LogP contribution in [-0.4, -0.2) is 12.7 Å². The molecule has 2 rings (SSSR count). The van der Waals surface area contributed by atoms with Gasteiger partial charge in [0.1, 0.15) is 0 Å². The Bertz CT molecular complexity index is 186. The van der Waals surface area contributed by atoms with E-state index < -0.39 is 0 Å². The van der Waals surface area contributed by atoms with Gasteiger partial charge < -0.3 is 4.74 Å². The van der Waals surface area contributed by atoms with Crippen LogP contribution in [0.15, 0.2) is 0 Å². The molecule has 0 aromatic heterocycles. The minimum Gasteiger partial charge on any atom is -0.377 e. The lowest BCUT2D eigenvalue weighted by atomic mass is 9.79. The third kappa shape index (κ3) is 1.63. The quantitative estimate of drug-likeness (QED) is 0.638. The van der Waals surface area contributed by atoms with Crippen LogP contribution < -0.4 is 0 Å². The van der Waals surface area contributed by atoms with Crippen LogP contribution in [0.4, 0.5) is 0 Å². The van der Waals surface area contributed by atoms with Gasteiger partial charge in [0, 0.05) is 0 Å². The van der Waals surface area contributed by atoms with E-state index >= 15 is 0 Å². The molecule has 2 fully saturated rings. The third-order valence-corrected chi connectivity index (χ3v) is 3.78. The van der Waals surface area contributed by atoms with Gasteiger partial charge in [-0.3, -0.25) is 0 Å². The Balaban J connectivity index is 2.07. The first-order chi connectivity index (χ1) is 6.11. The molecule has 1 heteroatoms. The second-order valence-electron chi connectivity index (χ2n) is 5.52. The number of hydrogen-bond acceptors (Lipinski definition) is 1. The standard InChI is InChI=1S/C12H22O/c1-7(2)11-10-5-9(10)6-13-12(11)8(3)4/h7-12H,5-6H2,1-4H3. The maximum Gasteiger partial charge on any atom is 0.0631 e. The van der Waals surface area contributed by atoms with Gasteiger partial charge in [-0.1, -0.05) is 27.7 Å². The van der Waals surface area contributed by atoms with Crippen molar-refractivity contribution in [3.63, 3.8) is 0 Å². The predicted molar refractivity (Wildman–Crippen MR) is 54.5 cm³/mol. The van der Waals surface area contributed by atoms with Crippen molar-refractivity contribution in [1.29, 1.82) is 0 Å². The summed E-state index contributed by atoms with van der Waals surface area (Å²) < 4.78 is 5.97. The summed E-state index contributed by atoms with van der Waals surface area (Å²) in [6, 6.07) is 0. The molecule has 0 N–H and O–H groups in total. The van der Waals surface area contributed by atoms with E-state index in [0.29, 0.717) is 12.0 Å². The number of fused-ring (bicyclic) bond motifs is 1. The van der Waals surface area contributed by atoms with E-state index in [0.717, 1.165) is 30.3 Å². The summed E-state index contributed by atoms with van der Waals surface area (Å²) in [4.78, 5) is 0. The monoisotopic (exact) mass is 182 g/mol. The zero-order valence-corrected chi connectivity index (χ0v) is 9.29. The van der Waals surface area contributed by atoms with Gasteiger partial charge in [0.25, 0.3) is 0 Å². The summed E-state index contributed by atoms with van der Waals surface area (Å²) in [5.41, 5.74) is 0. The SMILES string of the molecule is CC(C)C1OCC2CC2C1C(C)C.